The summed E-state index contributed by atoms with van der Waals surface area (Å²) < 4.78 is 39.9. The van der Waals surface area contributed by atoms with Gasteiger partial charge in [0, 0.05) is 0 Å². The first-order valence-electron chi connectivity index (χ1n) is 5.53. The molecule has 0 saturated heterocycles. The second-order valence-corrected chi connectivity index (χ2v) is 5.74. The summed E-state index contributed by atoms with van der Waals surface area (Å²) in [5.41, 5.74) is 0.660. The number of sulfone groups is 1. The lowest BCUT2D eigenvalue weighted by molar-refractivity contribution is -0.142. The Hall–Kier alpha value is -1.43. The van der Waals surface area contributed by atoms with E-state index in [1.807, 2.05) is 0 Å². The summed E-state index contributed by atoms with van der Waals surface area (Å²) in [6, 6.07) is 5.81. The van der Waals surface area contributed by atoms with E-state index in [0.717, 1.165) is 0 Å². The molecule has 1 rings (SSSR count). The minimum Gasteiger partial charge on any atom is -0.466 e. The van der Waals surface area contributed by atoms with E-state index in [0.29, 0.717) is 12.2 Å². The standard InChI is InChI=1S/C12H15FO4S/c1-2-17-12(14)9-10-3-5-11(6-4-10)18(15,16)8-7-13/h3-6H,2,7-9H2,1H3. The lowest BCUT2D eigenvalue weighted by Gasteiger charge is -2.04. The monoisotopic (exact) mass is 274 g/mol. The van der Waals surface area contributed by atoms with Crippen molar-refractivity contribution in [2.45, 2.75) is 18.2 Å². The number of carbonyl (C=O) groups excluding carboxylic acids is 1. The van der Waals surface area contributed by atoms with Crippen molar-refractivity contribution >= 4 is 15.8 Å². The summed E-state index contributed by atoms with van der Waals surface area (Å²) in [4.78, 5) is 11.3. The van der Waals surface area contributed by atoms with Gasteiger partial charge < -0.3 is 4.74 Å². The van der Waals surface area contributed by atoms with Gasteiger partial charge in [-0.1, -0.05) is 12.1 Å². The molecule has 4 nitrogen and oxygen atoms in total. The summed E-state index contributed by atoms with van der Waals surface area (Å²) in [5, 5.41) is 0. The fourth-order valence-electron chi connectivity index (χ4n) is 1.41. The molecule has 0 heterocycles. The molecule has 0 fully saturated rings. The molecule has 1 aromatic carbocycles. The molecule has 0 atom stereocenters. The molecule has 0 unspecified atom stereocenters. The Kier molecular flexibility index (Phi) is 5.27. The summed E-state index contributed by atoms with van der Waals surface area (Å²) in [5.74, 6) is -0.888. The molecular weight excluding hydrogens is 259 g/mol. The Balaban J connectivity index is 2.77. The van der Waals surface area contributed by atoms with Gasteiger partial charge in [0.15, 0.2) is 9.84 Å². The lowest BCUT2D eigenvalue weighted by Crippen LogP contribution is -2.09. The van der Waals surface area contributed by atoms with E-state index < -0.39 is 22.3 Å². The summed E-state index contributed by atoms with van der Waals surface area (Å²) in [7, 11) is -3.56. The first-order chi connectivity index (χ1) is 8.49. The number of ether oxygens (including phenoxy) is 1. The second-order valence-electron chi connectivity index (χ2n) is 3.63. The summed E-state index contributed by atoms with van der Waals surface area (Å²) >= 11 is 0. The van der Waals surface area contributed by atoms with Crippen molar-refractivity contribution < 1.29 is 22.3 Å². The van der Waals surface area contributed by atoms with Crippen LogP contribution in [0.3, 0.4) is 0 Å². The van der Waals surface area contributed by atoms with E-state index in [-0.39, 0.29) is 17.3 Å². The lowest BCUT2D eigenvalue weighted by atomic mass is 10.1. The Morgan fingerprint density at radius 3 is 2.39 bits per heavy atom. The van der Waals surface area contributed by atoms with Gasteiger partial charge in [-0.2, -0.15) is 0 Å². The molecule has 100 valence electrons. The molecule has 0 radical (unpaired) electrons. The minimum absolute atomic E-state index is 0.0627. The zero-order chi connectivity index (χ0) is 13.6. The van der Waals surface area contributed by atoms with E-state index in [2.05, 4.69) is 0 Å². The average Bonchev–Trinajstić information content (AvgIpc) is 2.30. The molecule has 0 bridgehead atoms. The second kappa shape index (κ2) is 6.49. The third kappa shape index (κ3) is 4.10. The smallest absolute Gasteiger partial charge is 0.310 e. The number of benzene rings is 1. The van der Waals surface area contributed by atoms with Crippen LogP contribution < -0.4 is 0 Å². The average molecular weight is 274 g/mol. The third-order valence-electron chi connectivity index (χ3n) is 2.28. The first-order valence-corrected chi connectivity index (χ1v) is 7.18. The van der Waals surface area contributed by atoms with Crippen molar-refractivity contribution in [2.24, 2.45) is 0 Å². The van der Waals surface area contributed by atoms with Crippen LogP contribution >= 0.6 is 0 Å². The maximum Gasteiger partial charge on any atom is 0.310 e. The van der Waals surface area contributed by atoms with Crippen molar-refractivity contribution in [3.63, 3.8) is 0 Å². The molecule has 0 amide bonds. The summed E-state index contributed by atoms with van der Waals surface area (Å²) in [6.45, 7) is 1.11. The highest BCUT2D eigenvalue weighted by Gasteiger charge is 2.14. The van der Waals surface area contributed by atoms with Gasteiger partial charge in [0.1, 0.15) is 6.67 Å². The van der Waals surface area contributed by atoms with Crippen LogP contribution in [0.4, 0.5) is 4.39 Å². The molecule has 0 saturated carbocycles. The quantitative estimate of drug-likeness (QED) is 0.738. The maximum absolute atomic E-state index is 12.1. The third-order valence-corrected chi connectivity index (χ3v) is 3.96. The Morgan fingerprint density at radius 1 is 1.28 bits per heavy atom. The zero-order valence-electron chi connectivity index (χ0n) is 10.1. The van der Waals surface area contributed by atoms with E-state index in [9.17, 15) is 17.6 Å². The van der Waals surface area contributed by atoms with Crippen molar-refractivity contribution in [3.8, 4) is 0 Å². The molecule has 0 aromatic heterocycles. The van der Waals surface area contributed by atoms with Crippen LogP contribution in [-0.4, -0.2) is 33.4 Å². The number of halogens is 1. The van der Waals surface area contributed by atoms with Crippen LogP contribution in [0.5, 0.6) is 0 Å². The highest BCUT2D eigenvalue weighted by atomic mass is 32.2. The fourth-order valence-corrected chi connectivity index (χ4v) is 2.40. The van der Waals surface area contributed by atoms with Gasteiger partial charge in [0.25, 0.3) is 0 Å². The molecule has 0 aliphatic heterocycles. The molecule has 0 aliphatic carbocycles. The topological polar surface area (TPSA) is 60.4 Å². The normalized spacial score (nSPS) is 11.2. The maximum atomic E-state index is 12.1. The number of rotatable bonds is 6. The molecule has 18 heavy (non-hydrogen) atoms. The van der Waals surface area contributed by atoms with Crippen molar-refractivity contribution in [2.75, 3.05) is 19.0 Å². The van der Waals surface area contributed by atoms with Crippen LogP contribution in [0.25, 0.3) is 0 Å². The molecule has 0 spiro atoms. The summed E-state index contributed by atoms with van der Waals surface area (Å²) in [6.07, 6.45) is 0.0945. The van der Waals surface area contributed by atoms with E-state index >= 15 is 0 Å². The first kappa shape index (κ1) is 14.6. The van der Waals surface area contributed by atoms with Crippen LogP contribution in [0, 0.1) is 0 Å². The molecule has 1 aromatic rings. The number of hydrogen-bond donors (Lipinski definition) is 0. The highest BCUT2D eigenvalue weighted by molar-refractivity contribution is 7.91. The Morgan fingerprint density at radius 2 is 1.89 bits per heavy atom. The van der Waals surface area contributed by atoms with Gasteiger partial charge in [-0.3, -0.25) is 4.79 Å². The SMILES string of the molecule is CCOC(=O)Cc1ccc(S(=O)(=O)CCF)cc1. The van der Waals surface area contributed by atoms with Crippen LogP contribution in [-0.2, 0) is 25.8 Å². The number of esters is 1. The van der Waals surface area contributed by atoms with Crippen molar-refractivity contribution in [1.82, 2.24) is 0 Å². The molecular formula is C12H15FO4S. The predicted octanol–water partition coefficient (Wildman–Crippen LogP) is 1.54. The minimum atomic E-state index is -3.56. The van der Waals surface area contributed by atoms with E-state index in [4.69, 9.17) is 4.74 Å². The van der Waals surface area contributed by atoms with Crippen LogP contribution in [0.2, 0.25) is 0 Å². The highest BCUT2D eigenvalue weighted by Crippen LogP contribution is 2.13. The van der Waals surface area contributed by atoms with E-state index in [1.54, 1.807) is 6.92 Å². The van der Waals surface area contributed by atoms with Crippen LogP contribution in [0.1, 0.15) is 12.5 Å². The van der Waals surface area contributed by atoms with Gasteiger partial charge in [0.2, 0.25) is 0 Å². The largest absolute Gasteiger partial charge is 0.466 e. The van der Waals surface area contributed by atoms with Gasteiger partial charge >= 0.3 is 5.97 Å². The zero-order valence-corrected chi connectivity index (χ0v) is 10.9. The number of alkyl halides is 1. The molecule has 6 heteroatoms. The van der Waals surface area contributed by atoms with Crippen molar-refractivity contribution in [1.29, 1.82) is 0 Å². The van der Waals surface area contributed by atoms with Gasteiger partial charge in [-0.05, 0) is 24.6 Å². The van der Waals surface area contributed by atoms with E-state index in [1.165, 1.54) is 24.3 Å². The number of hydrogen-bond acceptors (Lipinski definition) is 4. The Bertz CT molecular complexity index is 493. The van der Waals surface area contributed by atoms with Gasteiger partial charge in [0.05, 0.1) is 23.7 Å². The van der Waals surface area contributed by atoms with Gasteiger partial charge in [-0.15, -0.1) is 0 Å². The number of carbonyl (C=O) groups is 1. The fraction of sp³-hybridized carbons (Fsp3) is 0.417. The van der Waals surface area contributed by atoms with Gasteiger partial charge in [-0.25, -0.2) is 12.8 Å². The molecule has 0 N–H and O–H groups in total. The molecule has 0 aliphatic rings. The predicted molar refractivity (Wildman–Crippen MR) is 64.8 cm³/mol. The Labute approximate surface area is 106 Å². The van der Waals surface area contributed by atoms with Crippen LogP contribution in [0.15, 0.2) is 29.2 Å². The van der Waals surface area contributed by atoms with Crippen molar-refractivity contribution in [3.05, 3.63) is 29.8 Å².